The van der Waals surface area contributed by atoms with Crippen LogP contribution in [-0.2, 0) is 10.0 Å². The van der Waals surface area contributed by atoms with Crippen molar-refractivity contribution in [3.05, 3.63) is 84.6 Å². The van der Waals surface area contributed by atoms with Crippen LogP contribution < -0.4 is 19.5 Å². The maximum absolute atomic E-state index is 13.4. The van der Waals surface area contributed by atoms with Gasteiger partial charge in [-0.3, -0.25) is 9.52 Å². The summed E-state index contributed by atoms with van der Waals surface area (Å²) in [7, 11) is -0.369. The molecule has 10 heteroatoms. The number of benzene rings is 3. The molecule has 0 aliphatic carbocycles. The third kappa shape index (κ3) is 5.61. The summed E-state index contributed by atoms with van der Waals surface area (Å²) >= 11 is 0. The number of nitrogens with one attached hydrogen (secondary N) is 2. The summed E-state index contributed by atoms with van der Waals surface area (Å²) < 4.78 is 37.9. The molecule has 0 atom stereocenters. The van der Waals surface area contributed by atoms with E-state index in [0.29, 0.717) is 39.7 Å². The second-order valence-electron chi connectivity index (χ2n) is 7.65. The van der Waals surface area contributed by atoms with Crippen LogP contribution in [0.25, 0.3) is 16.9 Å². The fourth-order valence-electron chi connectivity index (χ4n) is 3.52. The van der Waals surface area contributed by atoms with Gasteiger partial charge in [-0.15, -0.1) is 0 Å². The lowest BCUT2D eigenvalue weighted by atomic mass is 10.1. The second-order valence-corrected chi connectivity index (χ2v) is 9.40. The predicted octanol–water partition coefficient (Wildman–Crippen LogP) is 4.18. The highest BCUT2D eigenvalue weighted by Gasteiger charge is 2.20. The molecule has 180 valence electrons. The van der Waals surface area contributed by atoms with Crippen molar-refractivity contribution in [3.8, 4) is 28.4 Å². The van der Waals surface area contributed by atoms with Gasteiger partial charge in [-0.05, 0) is 48.5 Å². The molecule has 0 saturated carbocycles. The molecule has 0 spiro atoms. The van der Waals surface area contributed by atoms with Gasteiger partial charge in [0.1, 0.15) is 5.69 Å². The van der Waals surface area contributed by atoms with Gasteiger partial charge in [0.15, 0.2) is 11.5 Å². The van der Waals surface area contributed by atoms with Gasteiger partial charge in [0.05, 0.1) is 37.4 Å². The second kappa shape index (κ2) is 9.90. The van der Waals surface area contributed by atoms with Crippen LogP contribution in [0.15, 0.2) is 79.0 Å². The number of anilines is 2. The monoisotopic (exact) mass is 492 g/mol. The standard InChI is InChI=1S/C25H24N4O5S/c1-33-22-13-12-17(14-23(22)34-2)24-21(16-29(27-24)20-10-5-4-6-11-20)25(30)26-18-8-7-9-19(15-18)28-35(3,31)32/h4-16,28H,1-3H3,(H,26,30). The Balaban J connectivity index is 1.74. The molecule has 0 radical (unpaired) electrons. The molecule has 1 amide bonds. The smallest absolute Gasteiger partial charge is 0.259 e. The number of hydrogen-bond acceptors (Lipinski definition) is 6. The Morgan fingerprint density at radius 3 is 2.29 bits per heavy atom. The lowest BCUT2D eigenvalue weighted by Gasteiger charge is -2.10. The first kappa shape index (κ1) is 23.8. The number of ether oxygens (including phenoxy) is 2. The Labute approximate surface area is 203 Å². The van der Waals surface area contributed by atoms with E-state index in [9.17, 15) is 13.2 Å². The molecule has 0 bridgehead atoms. The van der Waals surface area contributed by atoms with E-state index in [1.54, 1.807) is 54.4 Å². The highest BCUT2D eigenvalue weighted by molar-refractivity contribution is 7.92. The first-order chi connectivity index (χ1) is 16.8. The molecule has 0 saturated heterocycles. The molecule has 0 fully saturated rings. The minimum Gasteiger partial charge on any atom is -0.493 e. The molecule has 0 aliphatic rings. The van der Waals surface area contributed by atoms with E-state index < -0.39 is 15.9 Å². The molecular weight excluding hydrogens is 468 g/mol. The topological polar surface area (TPSA) is 112 Å². The molecule has 0 aliphatic heterocycles. The van der Waals surface area contributed by atoms with Crippen molar-refractivity contribution in [1.29, 1.82) is 0 Å². The first-order valence-electron chi connectivity index (χ1n) is 10.5. The summed E-state index contributed by atoms with van der Waals surface area (Å²) in [6, 6.07) is 21.2. The lowest BCUT2D eigenvalue weighted by Crippen LogP contribution is -2.13. The SMILES string of the molecule is COc1ccc(-c2nn(-c3ccccc3)cc2C(=O)Nc2cccc(NS(C)(=O)=O)c2)cc1OC. The normalized spacial score (nSPS) is 11.1. The number of para-hydroxylation sites is 1. The Morgan fingerprint density at radius 2 is 1.60 bits per heavy atom. The maximum Gasteiger partial charge on any atom is 0.259 e. The predicted molar refractivity (Wildman–Crippen MR) is 135 cm³/mol. The Morgan fingerprint density at radius 1 is 0.886 bits per heavy atom. The van der Waals surface area contributed by atoms with Crippen LogP contribution in [0.3, 0.4) is 0 Å². The summed E-state index contributed by atoms with van der Waals surface area (Å²) in [4.78, 5) is 13.4. The van der Waals surface area contributed by atoms with E-state index in [-0.39, 0.29) is 0 Å². The average Bonchev–Trinajstić information content (AvgIpc) is 3.29. The number of methoxy groups -OCH3 is 2. The molecule has 1 aromatic heterocycles. The van der Waals surface area contributed by atoms with E-state index >= 15 is 0 Å². The fraction of sp³-hybridized carbons (Fsp3) is 0.120. The van der Waals surface area contributed by atoms with Crippen LogP contribution in [0.1, 0.15) is 10.4 Å². The summed E-state index contributed by atoms with van der Waals surface area (Å²) in [5.41, 5.74) is 2.97. The number of carbonyl (C=O) groups excluding carboxylic acids is 1. The Hall–Kier alpha value is -4.31. The summed E-state index contributed by atoms with van der Waals surface area (Å²) in [5.74, 6) is 0.651. The molecule has 2 N–H and O–H groups in total. The molecule has 35 heavy (non-hydrogen) atoms. The highest BCUT2D eigenvalue weighted by Crippen LogP contribution is 2.33. The number of hydrogen-bond donors (Lipinski definition) is 2. The van der Waals surface area contributed by atoms with E-state index in [1.165, 1.54) is 13.2 Å². The Bertz CT molecular complexity index is 1470. The first-order valence-corrected chi connectivity index (χ1v) is 12.4. The van der Waals surface area contributed by atoms with Crippen molar-refractivity contribution in [3.63, 3.8) is 0 Å². The third-order valence-corrected chi connectivity index (χ3v) is 5.67. The van der Waals surface area contributed by atoms with Crippen molar-refractivity contribution >= 4 is 27.3 Å². The largest absolute Gasteiger partial charge is 0.493 e. The number of rotatable bonds is 8. The van der Waals surface area contributed by atoms with Crippen molar-refractivity contribution in [2.75, 3.05) is 30.5 Å². The van der Waals surface area contributed by atoms with Crippen LogP contribution in [0, 0.1) is 0 Å². The van der Waals surface area contributed by atoms with Gasteiger partial charge in [-0.2, -0.15) is 5.10 Å². The zero-order chi connectivity index (χ0) is 25.0. The van der Waals surface area contributed by atoms with Gasteiger partial charge >= 0.3 is 0 Å². The van der Waals surface area contributed by atoms with Crippen molar-refractivity contribution < 1.29 is 22.7 Å². The number of aromatic nitrogens is 2. The van der Waals surface area contributed by atoms with E-state index in [2.05, 4.69) is 15.1 Å². The third-order valence-electron chi connectivity index (χ3n) is 5.06. The van der Waals surface area contributed by atoms with Crippen LogP contribution >= 0.6 is 0 Å². The highest BCUT2D eigenvalue weighted by atomic mass is 32.2. The maximum atomic E-state index is 13.4. The van der Waals surface area contributed by atoms with Crippen molar-refractivity contribution in [1.82, 2.24) is 9.78 Å². The van der Waals surface area contributed by atoms with Crippen LogP contribution in [-0.4, -0.2) is 44.6 Å². The zero-order valence-corrected chi connectivity index (χ0v) is 20.2. The van der Waals surface area contributed by atoms with Crippen molar-refractivity contribution in [2.45, 2.75) is 0 Å². The summed E-state index contributed by atoms with van der Waals surface area (Å²) in [6.07, 6.45) is 2.71. The molecule has 9 nitrogen and oxygen atoms in total. The minimum absolute atomic E-state index is 0.322. The number of sulfonamides is 1. The quantitative estimate of drug-likeness (QED) is 0.382. The summed E-state index contributed by atoms with van der Waals surface area (Å²) in [6.45, 7) is 0. The molecule has 3 aromatic carbocycles. The van der Waals surface area contributed by atoms with Gasteiger partial charge in [0.25, 0.3) is 5.91 Å². The van der Waals surface area contributed by atoms with E-state index in [0.717, 1.165) is 11.9 Å². The van der Waals surface area contributed by atoms with Gasteiger partial charge in [0.2, 0.25) is 10.0 Å². The van der Waals surface area contributed by atoms with E-state index in [4.69, 9.17) is 9.47 Å². The average molecular weight is 493 g/mol. The number of nitrogens with zero attached hydrogens (tertiary/aromatic N) is 2. The molecular formula is C25H24N4O5S. The minimum atomic E-state index is -3.46. The lowest BCUT2D eigenvalue weighted by molar-refractivity contribution is 0.102. The van der Waals surface area contributed by atoms with Crippen LogP contribution in [0.4, 0.5) is 11.4 Å². The van der Waals surface area contributed by atoms with Gasteiger partial charge in [-0.25, -0.2) is 13.1 Å². The number of amides is 1. The Kier molecular flexibility index (Phi) is 6.74. The summed E-state index contributed by atoms with van der Waals surface area (Å²) in [5, 5.41) is 7.51. The number of carbonyl (C=O) groups is 1. The molecule has 4 rings (SSSR count). The zero-order valence-electron chi connectivity index (χ0n) is 19.3. The van der Waals surface area contributed by atoms with Gasteiger partial charge in [0, 0.05) is 17.4 Å². The van der Waals surface area contributed by atoms with Crippen LogP contribution in [0.5, 0.6) is 11.5 Å². The van der Waals surface area contributed by atoms with Crippen LogP contribution in [0.2, 0.25) is 0 Å². The van der Waals surface area contributed by atoms with E-state index in [1.807, 2.05) is 30.3 Å². The van der Waals surface area contributed by atoms with Crippen molar-refractivity contribution in [2.24, 2.45) is 0 Å². The van der Waals surface area contributed by atoms with Gasteiger partial charge < -0.3 is 14.8 Å². The van der Waals surface area contributed by atoms with Gasteiger partial charge in [-0.1, -0.05) is 24.3 Å². The fourth-order valence-corrected chi connectivity index (χ4v) is 4.08. The molecule has 1 heterocycles. The molecule has 0 unspecified atom stereocenters. The molecule has 4 aromatic rings.